The molecule has 0 bridgehead atoms. The molecule has 0 radical (unpaired) electrons. The van der Waals surface area contributed by atoms with Gasteiger partial charge in [0.25, 0.3) is 0 Å². The van der Waals surface area contributed by atoms with Crippen LogP contribution < -0.4 is 10.2 Å². The lowest BCUT2D eigenvalue weighted by molar-refractivity contribution is 0.601. The van der Waals surface area contributed by atoms with Gasteiger partial charge in [0.05, 0.1) is 17.1 Å². The molecule has 1 aliphatic rings. The highest BCUT2D eigenvalue weighted by Gasteiger charge is 2.26. The van der Waals surface area contributed by atoms with E-state index >= 15 is 0 Å². The molecule has 1 N–H and O–H groups in total. The molecule has 83 heavy (non-hydrogen) atoms. The maximum Gasteiger partial charge on any atom is 0.185 e. The lowest BCUT2D eigenvalue weighted by Crippen LogP contribution is -2.12. The zero-order chi connectivity index (χ0) is 55.1. The third-order valence-corrected chi connectivity index (χ3v) is 16.0. The predicted octanol–water partition coefficient (Wildman–Crippen LogP) is 22.1. The second-order valence-electron chi connectivity index (χ2n) is 20.9. The number of allylic oxidation sites excluding steroid dienone is 1. The standard InChI is InChI=1S/C60H40N2O.C19H12O/c1-4-20-40(21-5-1)44-26-14-16-35-53(44)61-54-38-43-39-57(48-29-11-13-31-50(48)58(43)49-30-12-10-28-47(49)54)62(55-36-17-15-27-45(55)41-22-6-2-7-23-41)56-37-19-34-52-51-33-18-32-46(59(51)63-60(52)56)42-24-8-3-9-25-42;1-3-8-14(9-4-1)15-11-7-12-17-16-10-5-2-6-13-18(16)20-19(15)17/h1-39,61H;1,3-5,7-12H,2H2. The van der Waals surface area contributed by atoms with Crippen molar-refractivity contribution >= 4 is 99.7 Å². The minimum Gasteiger partial charge on any atom is -0.453 e. The van der Waals surface area contributed by atoms with Crippen molar-refractivity contribution in [1.82, 2.24) is 0 Å². The van der Waals surface area contributed by atoms with Crippen molar-refractivity contribution in [2.24, 2.45) is 0 Å². The number of anilines is 5. The van der Waals surface area contributed by atoms with Crippen LogP contribution in [0.4, 0.5) is 28.4 Å². The molecule has 2 heterocycles. The molecular formula is C79H52N2O2. The number of nitrogens with one attached hydrogen (secondary N) is 1. The van der Waals surface area contributed by atoms with E-state index in [0.29, 0.717) is 0 Å². The third kappa shape index (κ3) is 8.85. The van der Waals surface area contributed by atoms with Crippen molar-refractivity contribution < 1.29 is 8.83 Å². The van der Waals surface area contributed by atoms with Crippen molar-refractivity contribution in [2.45, 2.75) is 6.42 Å². The average molecular weight is 1060 g/mol. The number of rotatable bonds is 9. The number of hydrogen-bond acceptors (Lipinski definition) is 4. The van der Waals surface area contributed by atoms with Gasteiger partial charge in [-0.2, -0.15) is 0 Å². The number of benzene rings is 13. The lowest BCUT2D eigenvalue weighted by Gasteiger charge is -2.30. The Kier molecular flexibility index (Phi) is 12.5. The van der Waals surface area contributed by atoms with Crippen molar-refractivity contribution in [3.63, 3.8) is 0 Å². The largest absolute Gasteiger partial charge is 0.453 e. The average Bonchev–Trinajstić information content (AvgIpc) is 3.96. The quantitative estimate of drug-likeness (QED) is 0.116. The zero-order valence-corrected chi connectivity index (χ0v) is 45.3. The number of furan rings is 2. The van der Waals surface area contributed by atoms with Crippen LogP contribution in [-0.4, -0.2) is 0 Å². The fraction of sp³-hybridized carbons (Fsp3) is 0.0127. The van der Waals surface area contributed by atoms with E-state index in [2.05, 4.69) is 301 Å². The summed E-state index contributed by atoms with van der Waals surface area (Å²) >= 11 is 0. The van der Waals surface area contributed by atoms with Gasteiger partial charge in [-0.05, 0) is 80.1 Å². The number of fused-ring (bicyclic) bond motifs is 11. The second-order valence-corrected chi connectivity index (χ2v) is 20.9. The lowest BCUT2D eigenvalue weighted by atomic mass is 9.93. The molecule has 13 aromatic carbocycles. The van der Waals surface area contributed by atoms with Crippen LogP contribution in [0.3, 0.4) is 0 Å². The molecular weight excluding hydrogens is 1010 g/mol. The summed E-state index contributed by atoms with van der Waals surface area (Å²) in [5.41, 5.74) is 18.0. The molecule has 0 atom stereocenters. The maximum atomic E-state index is 7.18. The zero-order valence-electron chi connectivity index (χ0n) is 45.3. The molecule has 0 amide bonds. The summed E-state index contributed by atoms with van der Waals surface area (Å²) in [6, 6.07) is 101. The Bertz CT molecular complexity index is 5030. The predicted molar refractivity (Wildman–Crippen MR) is 349 cm³/mol. The van der Waals surface area contributed by atoms with Crippen molar-refractivity contribution in [2.75, 3.05) is 10.2 Å². The third-order valence-electron chi connectivity index (χ3n) is 16.0. The first-order chi connectivity index (χ1) is 41.2. The number of nitrogens with zero attached hydrogens (tertiary/aromatic N) is 1. The van der Waals surface area contributed by atoms with Gasteiger partial charge in [0.15, 0.2) is 11.3 Å². The van der Waals surface area contributed by atoms with Gasteiger partial charge in [0.1, 0.15) is 11.2 Å². The molecule has 0 unspecified atom stereocenters. The van der Waals surface area contributed by atoms with Crippen LogP contribution in [-0.2, 0) is 0 Å². The molecule has 390 valence electrons. The Morgan fingerprint density at radius 3 is 1.48 bits per heavy atom. The topological polar surface area (TPSA) is 41.6 Å². The Morgan fingerprint density at radius 2 is 0.807 bits per heavy atom. The van der Waals surface area contributed by atoms with Crippen LogP contribution >= 0.6 is 0 Å². The fourth-order valence-corrected chi connectivity index (χ4v) is 12.2. The SMILES string of the molecule is C1#Cc2oc3c(-c4ccccc4)cccc3c2C=CC1.c1ccc(-c2ccccc2Nc2cc3cc(N(c4ccccc4-c4ccccc4)c4cccc5c4oc4c(-c6ccccc6)cccc45)c4ccccc4c3c3ccccc23)cc1. The second kappa shape index (κ2) is 21.2. The first-order valence-corrected chi connectivity index (χ1v) is 28.2. The van der Waals surface area contributed by atoms with Crippen LogP contribution in [0, 0.1) is 11.8 Å². The van der Waals surface area contributed by atoms with Crippen LogP contribution in [0.1, 0.15) is 17.7 Å². The Labute approximate surface area is 481 Å². The minimum absolute atomic E-state index is 0.775. The first kappa shape index (κ1) is 49.0. The first-order valence-electron chi connectivity index (χ1n) is 28.2. The Morgan fingerprint density at radius 1 is 0.337 bits per heavy atom. The summed E-state index contributed by atoms with van der Waals surface area (Å²) in [6.45, 7) is 0. The molecule has 1 aliphatic carbocycles. The van der Waals surface area contributed by atoms with E-state index < -0.39 is 0 Å². The van der Waals surface area contributed by atoms with Crippen LogP contribution in [0.2, 0.25) is 0 Å². The number of para-hydroxylation sites is 5. The van der Waals surface area contributed by atoms with E-state index in [4.69, 9.17) is 8.83 Å². The summed E-state index contributed by atoms with van der Waals surface area (Å²) in [4.78, 5) is 2.43. The molecule has 4 nitrogen and oxygen atoms in total. The molecule has 4 heteroatoms. The Hall–Kier alpha value is -11.1. The molecule has 16 rings (SSSR count). The van der Waals surface area contributed by atoms with Crippen molar-refractivity contribution in [3.05, 3.63) is 303 Å². The van der Waals surface area contributed by atoms with Gasteiger partial charge in [-0.1, -0.05) is 273 Å². The van der Waals surface area contributed by atoms with Crippen molar-refractivity contribution in [1.29, 1.82) is 0 Å². The van der Waals surface area contributed by atoms with E-state index in [0.717, 1.165) is 123 Å². The normalized spacial score (nSPS) is 11.8. The highest BCUT2D eigenvalue weighted by atomic mass is 16.3. The summed E-state index contributed by atoms with van der Waals surface area (Å²) < 4.78 is 13.2. The summed E-state index contributed by atoms with van der Waals surface area (Å²) in [7, 11) is 0. The monoisotopic (exact) mass is 1060 g/mol. The summed E-state index contributed by atoms with van der Waals surface area (Å²) in [5, 5.41) is 14.3. The highest BCUT2D eigenvalue weighted by Crippen LogP contribution is 2.51. The Balaban J connectivity index is 0.000000246. The number of hydrogen-bond donors (Lipinski definition) is 1. The summed E-state index contributed by atoms with van der Waals surface area (Å²) in [5.74, 6) is 6.98. The van der Waals surface area contributed by atoms with Gasteiger partial charge in [0, 0.05) is 72.5 Å². The van der Waals surface area contributed by atoms with Crippen LogP contribution in [0.5, 0.6) is 0 Å². The molecule has 0 saturated heterocycles. The smallest absolute Gasteiger partial charge is 0.185 e. The highest BCUT2D eigenvalue weighted by molar-refractivity contribution is 6.27. The van der Waals surface area contributed by atoms with Gasteiger partial charge >= 0.3 is 0 Å². The van der Waals surface area contributed by atoms with Gasteiger partial charge in [-0.3, -0.25) is 0 Å². The van der Waals surface area contributed by atoms with Crippen LogP contribution in [0.15, 0.2) is 300 Å². The van der Waals surface area contributed by atoms with E-state index in [1.54, 1.807) is 0 Å². The van der Waals surface area contributed by atoms with Crippen molar-refractivity contribution in [3.8, 4) is 56.3 Å². The fourth-order valence-electron chi connectivity index (χ4n) is 12.2. The minimum atomic E-state index is 0.775. The molecule has 2 aromatic heterocycles. The van der Waals surface area contributed by atoms with Gasteiger partial charge in [0.2, 0.25) is 0 Å². The maximum absolute atomic E-state index is 7.18. The van der Waals surface area contributed by atoms with Gasteiger partial charge in [-0.25, -0.2) is 0 Å². The molecule has 0 fully saturated rings. The van der Waals surface area contributed by atoms with E-state index in [-0.39, 0.29) is 0 Å². The summed E-state index contributed by atoms with van der Waals surface area (Å²) in [6.07, 6.45) is 4.97. The van der Waals surface area contributed by atoms with Crippen LogP contribution in [0.25, 0.3) is 116 Å². The molecule has 0 saturated carbocycles. The van der Waals surface area contributed by atoms with E-state index in [9.17, 15) is 0 Å². The molecule has 0 spiro atoms. The molecule has 15 aromatic rings. The van der Waals surface area contributed by atoms with E-state index in [1.807, 2.05) is 18.2 Å². The molecule has 0 aliphatic heterocycles. The van der Waals surface area contributed by atoms with Gasteiger partial charge < -0.3 is 19.1 Å². The van der Waals surface area contributed by atoms with Gasteiger partial charge in [-0.15, -0.1) is 0 Å². The van der Waals surface area contributed by atoms with E-state index in [1.165, 1.54) is 32.7 Å².